The second kappa shape index (κ2) is 8.72. The fourth-order valence-electron chi connectivity index (χ4n) is 2.89. The summed E-state index contributed by atoms with van der Waals surface area (Å²) in [6, 6.07) is 19.9. The fourth-order valence-corrected chi connectivity index (χ4v) is 3.74. The van der Waals surface area contributed by atoms with Crippen molar-refractivity contribution in [2.75, 3.05) is 30.3 Å². The molecule has 0 atom stereocenters. The summed E-state index contributed by atoms with van der Waals surface area (Å²) >= 11 is 1.33. The molecule has 4 nitrogen and oxygen atoms in total. The number of para-hydroxylation sites is 1. The van der Waals surface area contributed by atoms with Crippen LogP contribution in [0.1, 0.15) is 12.0 Å². The van der Waals surface area contributed by atoms with E-state index in [2.05, 4.69) is 12.1 Å². The molecule has 0 aliphatic carbocycles. The van der Waals surface area contributed by atoms with E-state index in [4.69, 9.17) is 0 Å². The highest BCUT2D eigenvalue weighted by Gasteiger charge is 2.23. The highest BCUT2D eigenvalue weighted by Crippen LogP contribution is 2.19. The maximum Gasteiger partial charge on any atom is 0.281 e. The maximum atomic E-state index is 12.8. The molecule has 0 radical (unpaired) electrons. The number of thioether (sulfide) groups is 1. The van der Waals surface area contributed by atoms with Crippen LogP contribution in [0.15, 0.2) is 60.7 Å². The summed E-state index contributed by atoms with van der Waals surface area (Å²) in [6.45, 7) is 1.88. The number of anilines is 1. The molecule has 1 saturated heterocycles. The van der Waals surface area contributed by atoms with Crippen LogP contribution in [0.5, 0.6) is 0 Å². The third-order valence-corrected chi connectivity index (χ3v) is 5.17. The van der Waals surface area contributed by atoms with Crippen molar-refractivity contribution >= 4 is 28.6 Å². The first-order chi connectivity index (χ1) is 12.2. The molecular formula is C20H22N2O2S. The van der Waals surface area contributed by atoms with Crippen LogP contribution in [-0.2, 0) is 11.2 Å². The lowest BCUT2D eigenvalue weighted by molar-refractivity contribution is -0.118. The van der Waals surface area contributed by atoms with Crippen LogP contribution >= 0.6 is 11.8 Å². The number of nitrogens with zero attached hydrogens (tertiary/aromatic N) is 2. The molecule has 3 rings (SSSR count). The molecule has 0 aromatic heterocycles. The summed E-state index contributed by atoms with van der Waals surface area (Å²) in [6.07, 6.45) is 1.16. The lowest BCUT2D eigenvalue weighted by atomic mass is 10.1. The molecule has 5 heteroatoms. The molecule has 0 spiro atoms. The Bertz CT molecular complexity index is 706. The third-order valence-electron chi connectivity index (χ3n) is 4.28. The van der Waals surface area contributed by atoms with E-state index in [-0.39, 0.29) is 11.1 Å². The first-order valence-corrected chi connectivity index (χ1v) is 9.53. The zero-order valence-electron chi connectivity index (χ0n) is 14.1. The van der Waals surface area contributed by atoms with E-state index in [0.29, 0.717) is 19.5 Å². The van der Waals surface area contributed by atoms with Crippen molar-refractivity contribution in [3.63, 3.8) is 0 Å². The predicted molar refractivity (Wildman–Crippen MR) is 103 cm³/mol. The van der Waals surface area contributed by atoms with Gasteiger partial charge >= 0.3 is 0 Å². The summed E-state index contributed by atoms with van der Waals surface area (Å²) in [5.74, 6) is 0.885. The first kappa shape index (κ1) is 17.5. The zero-order valence-corrected chi connectivity index (χ0v) is 15.0. The maximum absolute atomic E-state index is 12.8. The van der Waals surface area contributed by atoms with E-state index < -0.39 is 0 Å². The van der Waals surface area contributed by atoms with Gasteiger partial charge in [0.2, 0.25) is 5.91 Å². The number of hydrogen-bond acceptors (Lipinski definition) is 3. The van der Waals surface area contributed by atoms with Crippen molar-refractivity contribution in [1.82, 2.24) is 4.90 Å². The molecule has 2 aromatic rings. The number of amides is 2. The van der Waals surface area contributed by atoms with Gasteiger partial charge in [-0.05, 0) is 24.1 Å². The molecule has 2 aromatic carbocycles. The molecule has 0 saturated carbocycles. The summed E-state index contributed by atoms with van der Waals surface area (Å²) in [5.41, 5.74) is 2.12. The molecule has 0 unspecified atom stereocenters. The van der Waals surface area contributed by atoms with Gasteiger partial charge in [0.1, 0.15) is 0 Å². The van der Waals surface area contributed by atoms with Crippen molar-refractivity contribution in [3.8, 4) is 0 Å². The standard InChI is InChI=1S/C20H22N2O2S/c23-19(12-13-21-15-16-25-20(21)24)22(18-9-5-2-6-10-18)14-11-17-7-3-1-4-8-17/h1-10H,11-16H2. The van der Waals surface area contributed by atoms with Gasteiger partial charge in [-0.2, -0.15) is 0 Å². The van der Waals surface area contributed by atoms with Gasteiger partial charge in [-0.25, -0.2) is 0 Å². The van der Waals surface area contributed by atoms with E-state index in [1.165, 1.54) is 17.3 Å². The smallest absolute Gasteiger partial charge is 0.281 e. The summed E-state index contributed by atoms with van der Waals surface area (Å²) < 4.78 is 0. The molecule has 25 heavy (non-hydrogen) atoms. The van der Waals surface area contributed by atoms with Gasteiger partial charge in [0.05, 0.1) is 0 Å². The van der Waals surface area contributed by atoms with Crippen LogP contribution in [0.4, 0.5) is 10.5 Å². The number of benzene rings is 2. The van der Waals surface area contributed by atoms with Gasteiger partial charge in [0.15, 0.2) is 0 Å². The minimum absolute atomic E-state index is 0.0619. The van der Waals surface area contributed by atoms with Crippen molar-refractivity contribution < 1.29 is 9.59 Å². The predicted octanol–water partition coefficient (Wildman–Crippen LogP) is 3.82. The highest BCUT2D eigenvalue weighted by molar-refractivity contribution is 8.13. The van der Waals surface area contributed by atoms with Gasteiger partial charge in [0.25, 0.3) is 5.24 Å². The van der Waals surface area contributed by atoms with Gasteiger partial charge in [-0.15, -0.1) is 0 Å². The van der Waals surface area contributed by atoms with Gasteiger partial charge in [-0.1, -0.05) is 60.3 Å². The van der Waals surface area contributed by atoms with Crippen LogP contribution in [0, 0.1) is 0 Å². The van der Waals surface area contributed by atoms with Crippen molar-refractivity contribution in [2.45, 2.75) is 12.8 Å². The molecule has 0 N–H and O–H groups in total. The van der Waals surface area contributed by atoms with E-state index in [1.54, 1.807) is 4.90 Å². The van der Waals surface area contributed by atoms with Crippen LogP contribution in [0.2, 0.25) is 0 Å². The minimum Gasteiger partial charge on any atom is -0.332 e. The Balaban J connectivity index is 1.65. The average Bonchev–Trinajstić information content (AvgIpc) is 3.07. The average molecular weight is 354 g/mol. The first-order valence-electron chi connectivity index (χ1n) is 8.55. The monoisotopic (exact) mass is 354 g/mol. The van der Waals surface area contributed by atoms with Crippen molar-refractivity contribution in [1.29, 1.82) is 0 Å². The molecule has 1 fully saturated rings. The molecule has 1 aliphatic rings. The second-order valence-corrected chi connectivity index (χ2v) is 7.01. The van der Waals surface area contributed by atoms with Gasteiger partial charge in [-0.3, -0.25) is 9.59 Å². The van der Waals surface area contributed by atoms with E-state index in [1.807, 2.05) is 53.4 Å². The second-order valence-electron chi connectivity index (χ2n) is 5.97. The lowest BCUT2D eigenvalue weighted by Crippen LogP contribution is -2.36. The number of hydrogen-bond donors (Lipinski definition) is 0. The number of carbonyl (C=O) groups excluding carboxylic acids is 2. The molecule has 1 heterocycles. The minimum atomic E-state index is 0.0619. The Labute approximate surface area is 152 Å². The SMILES string of the molecule is O=C1SCCN1CCC(=O)N(CCc1ccccc1)c1ccccc1. The normalized spacial score (nSPS) is 13.9. The Morgan fingerprint density at radius 2 is 1.72 bits per heavy atom. The Kier molecular flexibility index (Phi) is 6.12. The fraction of sp³-hybridized carbons (Fsp3) is 0.300. The van der Waals surface area contributed by atoms with Gasteiger partial charge < -0.3 is 9.80 Å². The topological polar surface area (TPSA) is 40.6 Å². The Hall–Kier alpha value is -2.27. The summed E-state index contributed by atoms with van der Waals surface area (Å²) in [5, 5.41) is 0.0864. The van der Waals surface area contributed by atoms with E-state index >= 15 is 0 Å². The molecule has 1 aliphatic heterocycles. The highest BCUT2D eigenvalue weighted by atomic mass is 32.2. The quantitative estimate of drug-likeness (QED) is 0.759. The lowest BCUT2D eigenvalue weighted by Gasteiger charge is -2.24. The van der Waals surface area contributed by atoms with Crippen LogP contribution in [-0.4, -0.2) is 41.4 Å². The summed E-state index contributed by atoms with van der Waals surface area (Å²) in [7, 11) is 0. The zero-order chi connectivity index (χ0) is 17.5. The van der Waals surface area contributed by atoms with Crippen LogP contribution < -0.4 is 4.90 Å². The molecule has 130 valence electrons. The number of rotatable bonds is 7. The Morgan fingerprint density at radius 3 is 2.36 bits per heavy atom. The molecule has 0 bridgehead atoms. The van der Waals surface area contributed by atoms with Crippen LogP contribution in [0.3, 0.4) is 0 Å². The van der Waals surface area contributed by atoms with E-state index in [0.717, 1.165) is 24.4 Å². The largest absolute Gasteiger partial charge is 0.332 e. The van der Waals surface area contributed by atoms with Crippen LogP contribution in [0.25, 0.3) is 0 Å². The Morgan fingerprint density at radius 1 is 1.04 bits per heavy atom. The molecular weight excluding hydrogens is 332 g/mol. The number of carbonyl (C=O) groups is 2. The molecule has 2 amide bonds. The van der Waals surface area contributed by atoms with Gasteiger partial charge in [0, 0.05) is 37.5 Å². The van der Waals surface area contributed by atoms with Crippen molar-refractivity contribution in [3.05, 3.63) is 66.2 Å². The summed E-state index contributed by atoms with van der Waals surface area (Å²) in [4.78, 5) is 28.1. The van der Waals surface area contributed by atoms with E-state index in [9.17, 15) is 9.59 Å². The third kappa shape index (κ3) is 4.86. The van der Waals surface area contributed by atoms with Crippen molar-refractivity contribution in [2.24, 2.45) is 0 Å².